The SMILES string of the molecule is C=C1OC(C/C(C)=C/CC/C(C)=C/CC2C(C)C(=O)C(OC)=C(OC)C2O)CCC1C.C=C1OC(C/C(C)=C/CC/C(C)=C/C[C@@H]2[C@@H](C)C(=O)C(OC)=C(OC)[C@@H]2OC(C)=O)CC1C.CCC(=O)C/C(C)=C/CC1C(C)C(=O)C(SC)=C(OC)C1O.COC1=C(OC)C(O)C(C/C=C(\C)CC/C=C(\C)CC/C=C(\C)C(C)=O)C(C)C1=O.COC1=C(OC)C(O)C(C/C=C(\C)CO[C@H]2OC(CO)[C@H](C)C(O)[C@H]2O)C(C)C1=O. The lowest BCUT2D eigenvalue weighted by Gasteiger charge is -2.40. The molecule has 29 nitrogen and oxygen atoms in total. The first-order chi connectivity index (χ1) is 68.9. The molecule has 822 valence electrons. The summed E-state index contributed by atoms with van der Waals surface area (Å²) in [7, 11) is 12.9. The Balaban J connectivity index is 0.000000382. The largest absolute Gasteiger partial charge is 0.497 e. The Labute approximate surface area is 874 Å². The van der Waals surface area contributed by atoms with Crippen molar-refractivity contribution >= 4 is 58.2 Å². The van der Waals surface area contributed by atoms with Gasteiger partial charge in [0.25, 0.3) is 0 Å². The summed E-state index contributed by atoms with van der Waals surface area (Å²) in [4.78, 5) is 97.7. The van der Waals surface area contributed by atoms with Gasteiger partial charge in [0.2, 0.25) is 46.2 Å². The maximum atomic E-state index is 12.8. The Morgan fingerprint density at radius 2 is 0.760 bits per heavy atom. The van der Waals surface area contributed by atoms with Crippen molar-refractivity contribution in [3.8, 4) is 0 Å². The third-order valence-corrected chi connectivity index (χ3v) is 30.4. The van der Waals surface area contributed by atoms with Crippen LogP contribution in [-0.2, 0) is 105 Å². The molecule has 5 aliphatic carbocycles. The second kappa shape index (κ2) is 64.4. The smallest absolute Gasteiger partial charge is 0.303 e. The maximum Gasteiger partial charge on any atom is 0.303 e. The Bertz CT molecular complexity index is 4840. The van der Waals surface area contributed by atoms with Crippen LogP contribution >= 0.6 is 11.8 Å². The summed E-state index contributed by atoms with van der Waals surface area (Å²) in [6.07, 6.45) is 29.7. The Hall–Kier alpha value is -9.21. The zero-order valence-electron chi connectivity index (χ0n) is 93.0. The molecule has 18 unspecified atom stereocenters. The van der Waals surface area contributed by atoms with Crippen LogP contribution in [0.5, 0.6) is 0 Å². The molecular weight excluding hydrogens is 1890 g/mol. The van der Waals surface area contributed by atoms with Crippen LogP contribution in [0.1, 0.15) is 267 Å². The third kappa shape index (κ3) is 37.5. The molecule has 3 saturated heterocycles. The number of hydrogen-bond acceptors (Lipinski definition) is 30. The van der Waals surface area contributed by atoms with Crippen LogP contribution < -0.4 is 0 Å². The van der Waals surface area contributed by atoms with Crippen molar-refractivity contribution in [3.05, 3.63) is 186 Å². The van der Waals surface area contributed by atoms with Crippen molar-refractivity contribution in [2.24, 2.45) is 76.9 Å². The van der Waals surface area contributed by atoms with Crippen LogP contribution in [0.4, 0.5) is 0 Å². The number of hydrogen-bond donors (Lipinski definition) is 7. The highest BCUT2D eigenvalue weighted by Crippen LogP contribution is 2.44. The molecule has 24 atom stereocenters. The van der Waals surface area contributed by atoms with Gasteiger partial charge in [0, 0.05) is 110 Å². The molecule has 3 heterocycles. The molecule has 7 N–H and O–H groups in total. The number of esters is 1. The number of rotatable bonds is 45. The number of aliphatic hydroxyl groups is 7. The van der Waals surface area contributed by atoms with Crippen molar-refractivity contribution in [3.63, 3.8) is 0 Å². The molecule has 30 heteroatoms. The summed E-state index contributed by atoms with van der Waals surface area (Å²) in [6, 6.07) is 0. The molecule has 8 aliphatic rings. The van der Waals surface area contributed by atoms with E-state index in [4.69, 9.17) is 66.3 Å². The van der Waals surface area contributed by atoms with E-state index in [2.05, 4.69) is 105 Å². The molecule has 0 amide bonds. The van der Waals surface area contributed by atoms with Gasteiger partial charge in [0.05, 0.1) is 106 Å². The lowest BCUT2D eigenvalue weighted by atomic mass is 9.77. The summed E-state index contributed by atoms with van der Waals surface area (Å²) < 4.78 is 75.6. The van der Waals surface area contributed by atoms with E-state index in [0.29, 0.717) is 67.4 Å². The van der Waals surface area contributed by atoms with Crippen molar-refractivity contribution in [2.45, 2.75) is 334 Å². The van der Waals surface area contributed by atoms with Gasteiger partial charge in [-0.05, 0) is 184 Å². The fourth-order valence-electron chi connectivity index (χ4n) is 19.3. The standard InChI is InChI=1S/C27H40O6.C26H40O5.C25H38O5.C21H34O9.C17H26O4S/c1-16(10-9-11-17(2)14-22-15-18(3)20(5)32-22)12-13-23-19(4)24(29)26(30-7)27(31-8)25(23)33-21(6)28;1-16(9-8-10-17(2)15-21-13-12-18(3)20(5)31-21)11-14-22-19(4)23(27)25(29-6)26(30-7)24(22)28;1-16(12-9-13-18(3)20(5)26)10-8-11-17(2)14-15-21-19(4)22(27)24(29-6)25(30-7)23(21)28;1-10(9-29-21-18(26)15(23)12(3)14(8-22)30-21)6-7-13-11(2)16(24)19(27-4)20(28-5)17(13)25;1-6-12(18)9-10(2)7-8-13-11(3)14(19)17(22-5)16(21-4)15(13)20/h11-12,18-19,22-23,25H,5,9-10,13-15H2,1-4,6-8H3;10-11,18-19,21-22,24,28H,5,8-9,12-15H2,1-4,6-7H3;10,13-14,19,21,23,28H,8-9,11-12,15H2,1-7H3;6,11-15,17-18,21-23,25-26H,7-9H2,1-5H3;7,11,13,15,20H,6,8-9H2,1-5H3/b16-12+,17-11+;16-11+,17-10+;16-10+,17-14+,18-13+;10-6+;10-7+/t18?,19-,22?,23-,25-;;;11?,12-,13?,14?,15?,17?,18+,21-;/m1..0./s1. The van der Waals surface area contributed by atoms with E-state index in [1.165, 1.54) is 116 Å². The van der Waals surface area contributed by atoms with Gasteiger partial charge in [-0.3, -0.25) is 38.4 Å². The normalized spacial score (nSPS) is 29.6. The average Bonchev–Trinajstić information content (AvgIpc) is 0.900. The number of thioether (sulfide) groups is 1. The first-order valence-electron chi connectivity index (χ1n) is 51.6. The van der Waals surface area contributed by atoms with Gasteiger partial charge in [-0.25, -0.2) is 0 Å². The molecule has 0 spiro atoms. The van der Waals surface area contributed by atoms with Crippen molar-refractivity contribution in [2.75, 3.05) is 83.5 Å². The molecule has 146 heavy (non-hydrogen) atoms. The minimum atomic E-state index is -1.23. The summed E-state index contributed by atoms with van der Waals surface area (Å²) in [6.45, 7) is 46.1. The Kier molecular flexibility index (Phi) is 56.9. The minimum absolute atomic E-state index is 0.0235. The minimum Gasteiger partial charge on any atom is -0.497 e. The Morgan fingerprint density at radius 3 is 1.13 bits per heavy atom. The number of Topliss-reactive ketones (excluding diaryl/α,β-unsaturated/α-hetero) is 7. The average molecular weight is 2070 g/mol. The second-order valence-corrected chi connectivity index (χ2v) is 41.3. The molecule has 0 aromatic carbocycles. The van der Waals surface area contributed by atoms with Crippen LogP contribution in [0.2, 0.25) is 0 Å². The van der Waals surface area contributed by atoms with E-state index < -0.39 is 72.9 Å². The summed E-state index contributed by atoms with van der Waals surface area (Å²) in [5.74, 6) is 0.394. The maximum absolute atomic E-state index is 12.8. The zero-order valence-corrected chi connectivity index (χ0v) is 93.9. The Morgan fingerprint density at radius 1 is 0.411 bits per heavy atom. The number of ether oxygens (including phenoxy) is 14. The highest BCUT2D eigenvalue weighted by molar-refractivity contribution is 8.03. The first kappa shape index (κ1) is 129. The van der Waals surface area contributed by atoms with E-state index in [1.807, 2.05) is 79.9 Å². The first-order valence-corrected chi connectivity index (χ1v) is 52.8. The van der Waals surface area contributed by atoms with Gasteiger partial charge in [0.15, 0.2) is 47.0 Å². The van der Waals surface area contributed by atoms with E-state index in [-0.39, 0.29) is 165 Å². The van der Waals surface area contributed by atoms with Gasteiger partial charge in [0.1, 0.15) is 54.3 Å². The van der Waals surface area contributed by atoms with E-state index in [9.17, 15) is 74.1 Å². The number of carbonyl (C=O) groups is 8. The molecule has 0 radical (unpaired) electrons. The topological polar surface area (TPSA) is 407 Å². The van der Waals surface area contributed by atoms with Gasteiger partial charge in [-0.2, -0.15) is 0 Å². The molecule has 0 aromatic rings. The van der Waals surface area contributed by atoms with Crippen molar-refractivity contribution < 1.29 is 140 Å². The van der Waals surface area contributed by atoms with Gasteiger partial charge >= 0.3 is 5.97 Å². The van der Waals surface area contributed by atoms with E-state index in [0.717, 1.165) is 112 Å². The third-order valence-electron chi connectivity index (χ3n) is 29.6. The monoisotopic (exact) mass is 2070 g/mol. The fourth-order valence-corrected chi connectivity index (χ4v) is 20.1. The number of aliphatic hydroxyl groups excluding tert-OH is 7. The molecule has 0 aromatic heterocycles. The summed E-state index contributed by atoms with van der Waals surface area (Å²) in [5.41, 5.74) is 10.3. The number of carbonyl (C=O) groups excluding carboxylic acids is 8. The summed E-state index contributed by atoms with van der Waals surface area (Å²) >= 11 is 1.32. The molecule has 3 aliphatic heterocycles. The highest BCUT2D eigenvalue weighted by atomic mass is 32.2. The van der Waals surface area contributed by atoms with Gasteiger partial charge in [-0.15, -0.1) is 11.8 Å². The molecule has 0 bridgehead atoms. The van der Waals surface area contributed by atoms with Crippen LogP contribution in [0.3, 0.4) is 0 Å². The van der Waals surface area contributed by atoms with E-state index >= 15 is 0 Å². The fraction of sp³-hybridized carbons (Fsp3) is 0.655. The van der Waals surface area contributed by atoms with Gasteiger partial charge < -0.3 is 102 Å². The molecule has 8 rings (SSSR count). The predicted molar refractivity (Wildman–Crippen MR) is 566 cm³/mol. The van der Waals surface area contributed by atoms with Crippen molar-refractivity contribution in [1.82, 2.24) is 0 Å². The lowest BCUT2D eigenvalue weighted by Crippen LogP contribution is -2.55. The zero-order chi connectivity index (χ0) is 110. The quantitative estimate of drug-likeness (QED) is 0.0169. The number of allylic oxidation sites excluding steroid dienone is 22. The summed E-state index contributed by atoms with van der Waals surface area (Å²) in [5, 5.41) is 72.2. The molecule has 3 fully saturated rings. The molecule has 0 saturated carbocycles. The number of ketones is 7. The molecular formula is C116H178O29S. The van der Waals surface area contributed by atoms with Gasteiger partial charge in [-0.1, -0.05) is 175 Å². The predicted octanol–water partition coefficient (Wildman–Crippen LogP) is 19.4. The van der Waals surface area contributed by atoms with Crippen LogP contribution in [0.25, 0.3) is 0 Å². The second-order valence-electron chi connectivity index (χ2n) is 40.5. The lowest BCUT2D eigenvalue weighted by molar-refractivity contribution is -0.285. The van der Waals surface area contributed by atoms with Crippen LogP contribution in [-0.4, -0.2) is 233 Å². The van der Waals surface area contributed by atoms with Crippen LogP contribution in [0, 0.1) is 76.9 Å². The van der Waals surface area contributed by atoms with Crippen molar-refractivity contribution in [1.29, 1.82) is 0 Å². The van der Waals surface area contributed by atoms with Crippen LogP contribution in [0.15, 0.2) is 186 Å². The highest BCUT2D eigenvalue weighted by Gasteiger charge is 2.49. The van der Waals surface area contributed by atoms with E-state index in [1.54, 1.807) is 20.8 Å². The number of methoxy groups -OCH3 is 9.